The molecular weight excluding hydrogens is 210 g/mol. The molecule has 1 aromatic heterocycles. The van der Waals surface area contributed by atoms with E-state index in [1.165, 1.54) is 10.8 Å². The summed E-state index contributed by atoms with van der Waals surface area (Å²) < 4.78 is 5.05. The molecule has 17 heavy (non-hydrogen) atoms. The van der Waals surface area contributed by atoms with Crippen molar-refractivity contribution in [2.24, 2.45) is 0 Å². The third kappa shape index (κ3) is 2.02. The minimum Gasteiger partial charge on any atom is -0.472 e. The summed E-state index contributed by atoms with van der Waals surface area (Å²) in [6.07, 6.45) is 3.46. The molecule has 0 amide bonds. The Kier molecular flexibility index (Phi) is 2.54. The van der Waals surface area contributed by atoms with Gasteiger partial charge in [0.05, 0.1) is 12.5 Å². The van der Waals surface area contributed by atoms with E-state index in [0.29, 0.717) is 0 Å². The molecule has 0 radical (unpaired) electrons. The molecule has 2 nitrogen and oxygen atoms in total. The molecule has 2 heteroatoms. The number of benzene rings is 2. The van der Waals surface area contributed by atoms with Crippen LogP contribution in [0.4, 0.5) is 5.69 Å². The zero-order chi connectivity index (χ0) is 11.5. The van der Waals surface area contributed by atoms with E-state index in [1.807, 2.05) is 6.07 Å². The van der Waals surface area contributed by atoms with Crippen LogP contribution in [0, 0.1) is 0 Å². The van der Waals surface area contributed by atoms with Gasteiger partial charge in [-0.25, -0.2) is 0 Å². The van der Waals surface area contributed by atoms with Gasteiger partial charge in [-0.05, 0) is 17.5 Å². The monoisotopic (exact) mass is 223 g/mol. The van der Waals surface area contributed by atoms with Crippen molar-refractivity contribution in [1.82, 2.24) is 0 Å². The number of anilines is 1. The molecule has 0 atom stereocenters. The Morgan fingerprint density at radius 2 is 1.82 bits per heavy atom. The van der Waals surface area contributed by atoms with E-state index in [9.17, 15) is 0 Å². The number of hydrogen-bond acceptors (Lipinski definition) is 2. The van der Waals surface area contributed by atoms with Crippen LogP contribution in [0.2, 0.25) is 0 Å². The van der Waals surface area contributed by atoms with Crippen molar-refractivity contribution in [1.29, 1.82) is 0 Å². The average molecular weight is 223 g/mol. The molecule has 1 N–H and O–H groups in total. The van der Waals surface area contributed by atoms with Gasteiger partial charge in [0.2, 0.25) is 0 Å². The largest absolute Gasteiger partial charge is 0.472 e. The summed E-state index contributed by atoms with van der Waals surface area (Å²) in [6.45, 7) is 0.782. The lowest BCUT2D eigenvalue weighted by molar-refractivity contribution is 0.564. The van der Waals surface area contributed by atoms with E-state index in [0.717, 1.165) is 17.8 Å². The van der Waals surface area contributed by atoms with Crippen LogP contribution in [-0.2, 0) is 6.54 Å². The van der Waals surface area contributed by atoms with Crippen LogP contribution >= 0.6 is 0 Å². The summed E-state index contributed by atoms with van der Waals surface area (Å²) in [5.41, 5.74) is 2.31. The fraction of sp³-hybridized carbons (Fsp3) is 0.0667. The van der Waals surface area contributed by atoms with E-state index in [4.69, 9.17) is 4.42 Å². The minimum atomic E-state index is 0.782. The second-order valence-corrected chi connectivity index (χ2v) is 4.01. The maximum Gasteiger partial charge on any atom is 0.0952 e. The van der Waals surface area contributed by atoms with Gasteiger partial charge in [-0.3, -0.25) is 0 Å². The highest BCUT2D eigenvalue weighted by Crippen LogP contribution is 2.23. The lowest BCUT2D eigenvalue weighted by Gasteiger charge is -2.08. The highest BCUT2D eigenvalue weighted by Gasteiger charge is 2.00. The van der Waals surface area contributed by atoms with E-state index >= 15 is 0 Å². The maximum atomic E-state index is 5.05. The molecule has 0 bridgehead atoms. The predicted molar refractivity (Wildman–Crippen MR) is 70.0 cm³/mol. The Morgan fingerprint density at radius 1 is 0.941 bits per heavy atom. The predicted octanol–water partition coefficient (Wildman–Crippen LogP) is 4.04. The SMILES string of the molecule is c1ccc2c(NCc3ccoc3)cccc2c1. The van der Waals surface area contributed by atoms with Crippen LogP contribution in [-0.4, -0.2) is 0 Å². The van der Waals surface area contributed by atoms with Crippen LogP contribution in [0.25, 0.3) is 10.8 Å². The molecule has 0 fully saturated rings. The average Bonchev–Trinajstić information content (AvgIpc) is 2.89. The van der Waals surface area contributed by atoms with Gasteiger partial charge >= 0.3 is 0 Å². The van der Waals surface area contributed by atoms with Gasteiger partial charge in [0.1, 0.15) is 0 Å². The Balaban J connectivity index is 1.90. The molecule has 3 rings (SSSR count). The summed E-state index contributed by atoms with van der Waals surface area (Å²) in [5, 5.41) is 5.93. The molecule has 0 unspecified atom stereocenters. The van der Waals surface area contributed by atoms with Gasteiger partial charge in [0.25, 0.3) is 0 Å². The second-order valence-electron chi connectivity index (χ2n) is 4.01. The smallest absolute Gasteiger partial charge is 0.0952 e. The van der Waals surface area contributed by atoms with Crippen LogP contribution < -0.4 is 5.32 Å². The minimum absolute atomic E-state index is 0.782. The second kappa shape index (κ2) is 4.34. The van der Waals surface area contributed by atoms with Crippen molar-refractivity contribution >= 4 is 16.5 Å². The third-order valence-corrected chi connectivity index (χ3v) is 2.85. The number of rotatable bonds is 3. The van der Waals surface area contributed by atoms with Crippen molar-refractivity contribution in [3.8, 4) is 0 Å². The molecule has 0 spiro atoms. The van der Waals surface area contributed by atoms with Crippen LogP contribution in [0.3, 0.4) is 0 Å². The third-order valence-electron chi connectivity index (χ3n) is 2.85. The van der Waals surface area contributed by atoms with E-state index < -0.39 is 0 Å². The summed E-state index contributed by atoms with van der Waals surface area (Å²) in [5.74, 6) is 0. The number of nitrogens with one attached hydrogen (secondary N) is 1. The van der Waals surface area contributed by atoms with Gasteiger partial charge in [-0.1, -0.05) is 36.4 Å². The van der Waals surface area contributed by atoms with Crippen molar-refractivity contribution in [3.05, 3.63) is 66.6 Å². The first-order valence-corrected chi connectivity index (χ1v) is 5.66. The first kappa shape index (κ1) is 9.97. The topological polar surface area (TPSA) is 25.2 Å². The summed E-state index contributed by atoms with van der Waals surface area (Å²) in [6, 6.07) is 16.6. The van der Waals surface area contributed by atoms with Gasteiger partial charge in [-0.2, -0.15) is 0 Å². The zero-order valence-corrected chi connectivity index (χ0v) is 9.39. The zero-order valence-electron chi connectivity index (χ0n) is 9.39. The molecule has 0 saturated carbocycles. The molecule has 1 heterocycles. The summed E-state index contributed by atoms with van der Waals surface area (Å²) >= 11 is 0. The molecule has 0 aliphatic heterocycles. The van der Waals surface area contributed by atoms with E-state index in [-0.39, 0.29) is 0 Å². The van der Waals surface area contributed by atoms with Crippen molar-refractivity contribution in [3.63, 3.8) is 0 Å². The maximum absolute atomic E-state index is 5.05. The van der Waals surface area contributed by atoms with Gasteiger partial charge in [0.15, 0.2) is 0 Å². The van der Waals surface area contributed by atoms with Crippen molar-refractivity contribution < 1.29 is 4.42 Å². The molecule has 2 aromatic carbocycles. The highest BCUT2D eigenvalue weighted by molar-refractivity contribution is 5.93. The Labute approximate surface area is 99.9 Å². The molecule has 0 saturated heterocycles. The van der Waals surface area contributed by atoms with Crippen LogP contribution in [0.1, 0.15) is 5.56 Å². The Bertz CT molecular complexity index is 608. The van der Waals surface area contributed by atoms with Crippen molar-refractivity contribution in [2.75, 3.05) is 5.32 Å². The van der Waals surface area contributed by atoms with Gasteiger partial charge in [-0.15, -0.1) is 0 Å². The molecule has 3 aromatic rings. The van der Waals surface area contributed by atoms with Gasteiger partial charge < -0.3 is 9.73 Å². The van der Waals surface area contributed by atoms with E-state index in [1.54, 1.807) is 12.5 Å². The molecule has 0 aliphatic rings. The lowest BCUT2D eigenvalue weighted by Crippen LogP contribution is -1.98. The fourth-order valence-corrected chi connectivity index (χ4v) is 1.97. The van der Waals surface area contributed by atoms with Crippen LogP contribution in [0.15, 0.2) is 65.5 Å². The summed E-state index contributed by atoms with van der Waals surface area (Å²) in [7, 11) is 0. The molecule has 0 aliphatic carbocycles. The fourth-order valence-electron chi connectivity index (χ4n) is 1.97. The summed E-state index contributed by atoms with van der Waals surface area (Å²) in [4.78, 5) is 0. The standard InChI is InChI=1S/C15H13NO/c1-2-6-14-13(4-1)5-3-7-15(14)16-10-12-8-9-17-11-12/h1-9,11,16H,10H2. The number of hydrogen-bond donors (Lipinski definition) is 1. The lowest BCUT2D eigenvalue weighted by atomic mass is 10.1. The Morgan fingerprint density at radius 3 is 2.71 bits per heavy atom. The first-order valence-electron chi connectivity index (χ1n) is 5.66. The van der Waals surface area contributed by atoms with Crippen LogP contribution in [0.5, 0.6) is 0 Å². The normalized spacial score (nSPS) is 10.6. The van der Waals surface area contributed by atoms with E-state index in [2.05, 4.69) is 47.8 Å². The molecular formula is C15H13NO. The van der Waals surface area contributed by atoms with Crippen molar-refractivity contribution in [2.45, 2.75) is 6.54 Å². The molecule has 84 valence electrons. The van der Waals surface area contributed by atoms with Gasteiger partial charge in [0, 0.05) is 23.2 Å². The first-order chi connectivity index (χ1) is 8.43. The number of furan rings is 1. The highest BCUT2D eigenvalue weighted by atomic mass is 16.3. The number of fused-ring (bicyclic) bond motifs is 1. The quantitative estimate of drug-likeness (QED) is 0.724. The Hall–Kier alpha value is -2.22.